The molecule has 4 aromatic rings. The van der Waals surface area contributed by atoms with E-state index in [1.165, 1.54) is 6.07 Å². The Labute approximate surface area is 165 Å². The van der Waals surface area contributed by atoms with Crippen LogP contribution in [-0.2, 0) is 10.1 Å². The zero-order chi connectivity index (χ0) is 20.4. The summed E-state index contributed by atoms with van der Waals surface area (Å²) in [5.74, 6) is 5.23. The topological polar surface area (TPSA) is 143 Å². The van der Waals surface area contributed by atoms with Crippen molar-refractivity contribution in [1.29, 1.82) is 0 Å². The van der Waals surface area contributed by atoms with E-state index in [1.807, 2.05) is 12.1 Å². The normalized spacial score (nSPS) is 12.4. The monoisotopic (exact) mass is 406 g/mol. The molecule has 144 valence electrons. The molecule has 0 amide bonds. The lowest BCUT2D eigenvalue weighted by molar-refractivity contribution is 0.484. The molecular formula is C19H14N6O3S. The number of azo groups is 1. The van der Waals surface area contributed by atoms with Crippen LogP contribution in [0.2, 0.25) is 0 Å². The van der Waals surface area contributed by atoms with E-state index in [0.717, 1.165) is 10.9 Å². The number of benzene rings is 3. The van der Waals surface area contributed by atoms with Crippen molar-refractivity contribution in [3.63, 3.8) is 0 Å². The van der Waals surface area contributed by atoms with Gasteiger partial charge >= 0.3 is 0 Å². The van der Waals surface area contributed by atoms with Gasteiger partial charge in [-0.1, -0.05) is 35.6 Å². The average molecular weight is 406 g/mol. The van der Waals surface area contributed by atoms with Crippen molar-refractivity contribution in [1.82, 2.24) is 4.98 Å². The minimum absolute atomic E-state index is 0.0943. The molecule has 0 bridgehead atoms. The Balaban J connectivity index is 1.91. The molecule has 0 fully saturated rings. The second-order valence-electron chi connectivity index (χ2n) is 6.06. The number of aromatic nitrogens is 1. The van der Waals surface area contributed by atoms with Crippen LogP contribution in [0.4, 0.5) is 17.1 Å². The molecule has 0 unspecified atom stereocenters. The highest BCUT2D eigenvalue weighted by Gasteiger charge is 2.19. The summed E-state index contributed by atoms with van der Waals surface area (Å²) in [5.41, 5.74) is 1.67. The summed E-state index contributed by atoms with van der Waals surface area (Å²) >= 11 is 0. The van der Waals surface area contributed by atoms with E-state index in [9.17, 15) is 13.0 Å². The van der Waals surface area contributed by atoms with Crippen molar-refractivity contribution >= 4 is 48.9 Å². The van der Waals surface area contributed by atoms with E-state index in [2.05, 4.69) is 25.5 Å². The fourth-order valence-corrected chi connectivity index (χ4v) is 3.72. The predicted molar refractivity (Wildman–Crippen MR) is 108 cm³/mol. The zero-order valence-corrected chi connectivity index (χ0v) is 15.7. The van der Waals surface area contributed by atoms with Crippen molar-refractivity contribution in [3.8, 4) is 0 Å². The zero-order valence-electron chi connectivity index (χ0n) is 14.8. The quantitative estimate of drug-likeness (QED) is 0.212. The first-order valence-electron chi connectivity index (χ1n) is 8.38. The average Bonchev–Trinajstić information content (AvgIpc) is 2.72. The molecule has 0 saturated carbocycles. The Kier molecular flexibility index (Phi) is 4.71. The lowest BCUT2D eigenvalue weighted by Gasteiger charge is -2.08. The third kappa shape index (κ3) is 3.66. The van der Waals surface area contributed by atoms with Gasteiger partial charge in [0.1, 0.15) is 16.3 Å². The number of pyridine rings is 1. The molecular weight excluding hydrogens is 392 g/mol. The Morgan fingerprint density at radius 2 is 1.69 bits per heavy atom. The SMILES string of the molecule is NN=Nc1c(N=Nc2ccc3ncccc3c2)cc(S(=O)(=O)O)c2ccccc12. The minimum Gasteiger partial charge on any atom is -0.305 e. The van der Waals surface area contributed by atoms with Gasteiger partial charge in [-0.25, -0.2) is 0 Å². The molecule has 0 spiro atoms. The Morgan fingerprint density at radius 3 is 2.45 bits per heavy atom. The fraction of sp³-hybridized carbons (Fsp3) is 0. The van der Waals surface area contributed by atoms with Crippen molar-refractivity contribution in [2.75, 3.05) is 0 Å². The van der Waals surface area contributed by atoms with Gasteiger partial charge in [-0.05, 0) is 30.3 Å². The number of fused-ring (bicyclic) bond motifs is 2. The third-order valence-corrected chi connectivity index (χ3v) is 5.15. The molecule has 1 aromatic heterocycles. The van der Waals surface area contributed by atoms with Crippen LogP contribution in [0.15, 0.2) is 92.3 Å². The van der Waals surface area contributed by atoms with Gasteiger partial charge in [-0.15, -0.1) is 10.2 Å². The van der Waals surface area contributed by atoms with Gasteiger partial charge in [0.05, 0.1) is 11.2 Å². The fourth-order valence-electron chi connectivity index (χ4n) is 3.00. The highest BCUT2D eigenvalue weighted by molar-refractivity contribution is 7.86. The summed E-state index contributed by atoms with van der Waals surface area (Å²) in [7, 11) is -4.51. The molecule has 3 N–H and O–H groups in total. The molecule has 3 aromatic carbocycles. The van der Waals surface area contributed by atoms with Crippen LogP contribution in [-0.4, -0.2) is 18.0 Å². The molecule has 0 aliphatic carbocycles. The van der Waals surface area contributed by atoms with E-state index >= 15 is 0 Å². The van der Waals surface area contributed by atoms with Crippen LogP contribution < -0.4 is 5.84 Å². The highest BCUT2D eigenvalue weighted by Crippen LogP contribution is 2.40. The summed E-state index contributed by atoms with van der Waals surface area (Å²) in [6.07, 6.45) is 1.69. The summed E-state index contributed by atoms with van der Waals surface area (Å²) < 4.78 is 33.4. The van der Waals surface area contributed by atoms with Crippen LogP contribution in [0.1, 0.15) is 0 Å². The summed E-state index contributed by atoms with van der Waals surface area (Å²) in [6, 6.07) is 16.7. The lowest BCUT2D eigenvalue weighted by atomic mass is 10.1. The highest BCUT2D eigenvalue weighted by atomic mass is 32.2. The van der Waals surface area contributed by atoms with Crippen LogP contribution in [0.5, 0.6) is 0 Å². The summed E-state index contributed by atoms with van der Waals surface area (Å²) in [5, 5.41) is 17.1. The third-order valence-electron chi connectivity index (χ3n) is 4.25. The number of hydrogen-bond acceptors (Lipinski definition) is 7. The molecule has 0 radical (unpaired) electrons. The molecule has 1 heterocycles. The van der Waals surface area contributed by atoms with Gasteiger partial charge in [0, 0.05) is 22.4 Å². The van der Waals surface area contributed by atoms with Gasteiger partial charge in [0.25, 0.3) is 10.1 Å². The van der Waals surface area contributed by atoms with Crippen LogP contribution in [0.3, 0.4) is 0 Å². The van der Waals surface area contributed by atoms with Crippen molar-refractivity contribution in [2.24, 2.45) is 26.4 Å². The standard InChI is InChI=1S/C19H14N6O3S/c20-25-24-19-15-6-2-1-5-14(15)18(29(26,27)28)11-17(19)23-22-13-7-8-16-12(10-13)4-3-9-21-16/h1-11H,(H2,20,24)(H,26,27,28). The maximum absolute atomic E-state index is 11.9. The molecule has 29 heavy (non-hydrogen) atoms. The first-order chi connectivity index (χ1) is 14.0. The van der Waals surface area contributed by atoms with E-state index in [4.69, 9.17) is 5.84 Å². The minimum atomic E-state index is -4.51. The number of nitrogens with two attached hydrogens (primary N) is 1. The summed E-state index contributed by atoms with van der Waals surface area (Å²) in [4.78, 5) is 3.94. The molecule has 0 aliphatic rings. The van der Waals surface area contributed by atoms with Gasteiger partial charge in [0.15, 0.2) is 0 Å². The maximum Gasteiger partial charge on any atom is 0.295 e. The lowest BCUT2D eigenvalue weighted by Crippen LogP contribution is -1.99. The predicted octanol–water partition coefficient (Wildman–Crippen LogP) is 5.01. The largest absolute Gasteiger partial charge is 0.305 e. The van der Waals surface area contributed by atoms with E-state index in [1.54, 1.807) is 48.7 Å². The van der Waals surface area contributed by atoms with E-state index in [0.29, 0.717) is 11.1 Å². The van der Waals surface area contributed by atoms with Crippen molar-refractivity contribution in [3.05, 3.63) is 66.9 Å². The first kappa shape index (κ1) is 18.6. The number of hydrogen-bond donors (Lipinski definition) is 2. The Morgan fingerprint density at radius 1 is 0.897 bits per heavy atom. The molecule has 0 aliphatic heterocycles. The number of nitrogens with zero attached hydrogens (tertiary/aromatic N) is 5. The smallest absolute Gasteiger partial charge is 0.295 e. The molecule has 0 saturated heterocycles. The number of rotatable bonds is 4. The second kappa shape index (κ2) is 7.34. The van der Waals surface area contributed by atoms with Gasteiger partial charge < -0.3 is 5.84 Å². The van der Waals surface area contributed by atoms with E-state index < -0.39 is 10.1 Å². The van der Waals surface area contributed by atoms with Crippen LogP contribution >= 0.6 is 0 Å². The van der Waals surface area contributed by atoms with Gasteiger partial charge in [-0.3, -0.25) is 9.54 Å². The van der Waals surface area contributed by atoms with Crippen molar-refractivity contribution in [2.45, 2.75) is 4.90 Å². The second-order valence-corrected chi connectivity index (χ2v) is 7.45. The first-order valence-corrected chi connectivity index (χ1v) is 9.82. The van der Waals surface area contributed by atoms with E-state index in [-0.39, 0.29) is 21.7 Å². The van der Waals surface area contributed by atoms with Crippen LogP contribution in [0, 0.1) is 0 Å². The summed E-state index contributed by atoms with van der Waals surface area (Å²) in [6.45, 7) is 0. The van der Waals surface area contributed by atoms with Gasteiger partial charge in [0.2, 0.25) is 0 Å². The Bertz CT molecular complexity index is 1400. The maximum atomic E-state index is 11.9. The van der Waals surface area contributed by atoms with Crippen molar-refractivity contribution < 1.29 is 13.0 Å². The van der Waals surface area contributed by atoms with Gasteiger partial charge in [-0.2, -0.15) is 13.5 Å². The molecule has 0 atom stereocenters. The Hall–Kier alpha value is -3.76. The molecule has 9 nitrogen and oxygen atoms in total. The molecule has 4 rings (SSSR count). The van der Waals surface area contributed by atoms with Crippen LogP contribution in [0.25, 0.3) is 21.7 Å². The molecule has 10 heteroatoms.